The summed E-state index contributed by atoms with van der Waals surface area (Å²) in [5.41, 5.74) is 9.10. The molecule has 5 N–H and O–H groups in total. The standard InChI is InChI=1S/C42H62B2O7/c1-7-8-9-10-11-12-13-14-15-16-17-18-19-20-34-27-37(40-29(2)23-35(43(47)48)24-30(40)3)42(51-33(6)21-22-39(45)46)38(28-34)41-31(4)25-36(44(49)50)26-32(41)5/h23-28,33,47-50H,7-22H2,1-6H3,(H,45,46). The predicted octanol–water partition coefficient (Wildman–Crippen LogP) is 7.88. The zero-order valence-corrected chi connectivity index (χ0v) is 32.1. The smallest absolute Gasteiger partial charge is 0.488 e. The van der Waals surface area contributed by atoms with Crippen molar-refractivity contribution in [3.63, 3.8) is 0 Å². The van der Waals surface area contributed by atoms with E-state index in [0.29, 0.717) is 23.1 Å². The van der Waals surface area contributed by atoms with Crippen LogP contribution in [-0.2, 0) is 11.2 Å². The molecule has 9 heteroatoms. The first-order valence-corrected chi connectivity index (χ1v) is 19.3. The van der Waals surface area contributed by atoms with Crippen LogP contribution in [0.5, 0.6) is 5.75 Å². The van der Waals surface area contributed by atoms with Crippen LogP contribution in [0.1, 0.15) is 138 Å². The highest BCUT2D eigenvalue weighted by molar-refractivity contribution is 6.59. The van der Waals surface area contributed by atoms with Gasteiger partial charge in [-0.05, 0) is 116 Å². The highest BCUT2D eigenvalue weighted by Gasteiger charge is 2.25. The van der Waals surface area contributed by atoms with Gasteiger partial charge in [-0.2, -0.15) is 0 Å². The highest BCUT2D eigenvalue weighted by Crippen LogP contribution is 2.45. The molecular weight excluding hydrogens is 638 g/mol. The second-order valence-corrected chi connectivity index (χ2v) is 14.7. The molecule has 0 aliphatic rings. The second kappa shape index (κ2) is 21.4. The van der Waals surface area contributed by atoms with Gasteiger partial charge in [0.25, 0.3) is 0 Å². The molecular formula is C42H62B2O7. The summed E-state index contributed by atoms with van der Waals surface area (Å²) in [7, 11) is -3.18. The summed E-state index contributed by atoms with van der Waals surface area (Å²) < 4.78 is 6.73. The van der Waals surface area contributed by atoms with Crippen LogP contribution in [0.25, 0.3) is 22.3 Å². The number of carbonyl (C=O) groups is 1. The van der Waals surface area contributed by atoms with E-state index in [4.69, 9.17) is 4.74 Å². The molecule has 7 nitrogen and oxygen atoms in total. The number of rotatable bonds is 23. The maximum Gasteiger partial charge on any atom is 0.488 e. The lowest BCUT2D eigenvalue weighted by atomic mass is 9.76. The average Bonchev–Trinajstić information content (AvgIpc) is 3.06. The number of ether oxygens (including phenoxy) is 1. The lowest BCUT2D eigenvalue weighted by Gasteiger charge is -2.25. The van der Waals surface area contributed by atoms with Crippen molar-refractivity contribution >= 4 is 31.1 Å². The average molecular weight is 701 g/mol. The van der Waals surface area contributed by atoms with Gasteiger partial charge in [0, 0.05) is 17.5 Å². The monoisotopic (exact) mass is 700 g/mol. The van der Waals surface area contributed by atoms with E-state index in [1.165, 1.54) is 70.6 Å². The number of aryl methyl sites for hydroxylation is 5. The molecule has 0 bridgehead atoms. The molecule has 0 aliphatic heterocycles. The van der Waals surface area contributed by atoms with Gasteiger partial charge in [-0.1, -0.05) is 108 Å². The molecule has 278 valence electrons. The van der Waals surface area contributed by atoms with Crippen molar-refractivity contribution < 1.29 is 34.7 Å². The second-order valence-electron chi connectivity index (χ2n) is 14.7. The summed E-state index contributed by atoms with van der Waals surface area (Å²) in [5.74, 6) is -0.247. The molecule has 0 heterocycles. The Labute approximate surface area is 307 Å². The van der Waals surface area contributed by atoms with Gasteiger partial charge in [0.05, 0.1) is 6.10 Å². The number of hydrogen-bond donors (Lipinski definition) is 5. The van der Waals surface area contributed by atoms with Gasteiger partial charge in [0.1, 0.15) is 5.75 Å². The van der Waals surface area contributed by atoms with Crippen LogP contribution >= 0.6 is 0 Å². The van der Waals surface area contributed by atoms with Gasteiger partial charge < -0.3 is 29.9 Å². The van der Waals surface area contributed by atoms with Gasteiger partial charge in [-0.15, -0.1) is 0 Å². The minimum absolute atomic E-state index is 0.0226. The number of carboxylic acids is 1. The fourth-order valence-corrected chi connectivity index (χ4v) is 7.41. The van der Waals surface area contributed by atoms with E-state index in [1.54, 1.807) is 24.3 Å². The molecule has 1 atom stereocenters. The third kappa shape index (κ3) is 13.1. The maximum absolute atomic E-state index is 11.5. The topological polar surface area (TPSA) is 127 Å². The molecule has 0 amide bonds. The van der Waals surface area contributed by atoms with E-state index >= 15 is 0 Å². The molecule has 0 aromatic heterocycles. The van der Waals surface area contributed by atoms with Crippen LogP contribution in [0.4, 0.5) is 0 Å². The Kier molecular flexibility index (Phi) is 17.8. The minimum atomic E-state index is -1.59. The van der Waals surface area contributed by atoms with Crippen molar-refractivity contribution in [3.8, 4) is 28.0 Å². The molecule has 0 saturated heterocycles. The van der Waals surface area contributed by atoms with Crippen molar-refractivity contribution in [2.24, 2.45) is 0 Å². The summed E-state index contributed by atoms with van der Waals surface area (Å²) in [5, 5.41) is 49.3. The fourth-order valence-electron chi connectivity index (χ4n) is 7.41. The lowest BCUT2D eigenvalue weighted by molar-refractivity contribution is -0.137. The first-order valence-electron chi connectivity index (χ1n) is 19.3. The number of aliphatic carboxylic acids is 1. The molecule has 51 heavy (non-hydrogen) atoms. The predicted molar refractivity (Wildman–Crippen MR) is 212 cm³/mol. The molecule has 0 aliphatic carbocycles. The Hall–Kier alpha value is -3.10. The van der Waals surface area contributed by atoms with E-state index in [0.717, 1.165) is 69.3 Å². The molecule has 0 saturated carbocycles. The summed E-state index contributed by atoms with van der Waals surface area (Å²) in [6.07, 6.45) is 17.5. The molecule has 0 spiro atoms. The summed E-state index contributed by atoms with van der Waals surface area (Å²) in [6, 6.07) is 11.5. The number of unbranched alkanes of at least 4 members (excludes halogenated alkanes) is 12. The Balaban J connectivity index is 1.97. The molecule has 0 radical (unpaired) electrons. The Morgan fingerprint density at radius 3 is 1.35 bits per heavy atom. The normalized spacial score (nSPS) is 11.9. The number of hydrogen-bond acceptors (Lipinski definition) is 6. The van der Waals surface area contributed by atoms with Crippen molar-refractivity contribution in [1.29, 1.82) is 0 Å². The zero-order chi connectivity index (χ0) is 37.5. The minimum Gasteiger partial charge on any atom is -0.489 e. The first kappa shape index (κ1) is 42.3. The molecule has 1 unspecified atom stereocenters. The van der Waals surface area contributed by atoms with Gasteiger partial charge >= 0.3 is 20.2 Å². The zero-order valence-electron chi connectivity index (χ0n) is 32.1. The summed E-state index contributed by atoms with van der Waals surface area (Å²) in [6.45, 7) is 12.0. The number of carboxylic acid groups (broad SMARTS) is 1. The van der Waals surface area contributed by atoms with Crippen LogP contribution in [0.3, 0.4) is 0 Å². The van der Waals surface area contributed by atoms with E-state index < -0.39 is 26.3 Å². The van der Waals surface area contributed by atoms with Crippen molar-refractivity contribution in [3.05, 3.63) is 64.2 Å². The third-order valence-corrected chi connectivity index (χ3v) is 10.0. The maximum atomic E-state index is 11.5. The molecule has 3 aromatic rings. The number of benzene rings is 3. The van der Waals surface area contributed by atoms with Crippen LogP contribution in [-0.4, -0.2) is 51.5 Å². The highest BCUT2D eigenvalue weighted by atomic mass is 16.5. The van der Waals surface area contributed by atoms with Crippen LogP contribution in [0, 0.1) is 27.7 Å². The summed E-state index contributed by atoms with van der Waals surface area (Å²) >= 11 is 0. The largest absolute Gasteiger partial charge is 0.489 e. The van der Waals surface area contributed by atoms with Crippen molar-refractivity contribution in [1.82, 2.24) is 0 Å². The quantitative estimate of drug-likeness (QED) is 0.0503. The lowest BCUT2D eigenvalue weighted by Crippen LogP contribution is -2.30. The SMILES string of the molecule is CCCCCCCCCCCCCCCc1cc(-c2c(C)cc(B(O)O)cc2C)c(OC(C)CCC(=O)O)c(-c2c(C)cc(B(O)O)cc2C)c1. The molecule has 3 aromatic carbocycles. The van der Waals surface area contributed by atoms with Crippen LogP contribution < -0.4 is 15.7 Å². The van der Waals surface area contributed by atoms with Crippen molar-refractivity contribution in [2.45, 2.75) is 150 Å². The van der Waals surface area contributed by atoms with E-state index in [9.17, 15) is 30.0 Å². The molecule has 3 rings (SSSR count). The Morgan fingerprint density at radius 1 is 0.627 bits per heavy atom. The summed E-state index contributed by atoms with van der Waals surface area (Å²) in [4.78, 5) is 11.5. The van der Waals surface area contributed by atoms with E-state index in [-0.39, 0.29) is 6.42 Å². The van der Waals surface area contributed by atoms with Crippen LogP contribution in [0.2, 0.25) is 0 Å². The van der Waals surface area contributed by atoms with Crippen molar-refractivity contribution in [2.75, 3.05) is 0 Å². The van der Waals surface area contributed by atoms with Gasteiger partial charge in [0.15, 0.2) is 0 Å². The fraction of sp³-hybridized carbons (Fsp3) is 0.548. The van der Waals surface area contributed by atoms with Crippen LogP contribution in [0.15, 0.2) is 36.4 Å². The molecule has 0 fully saturated rings. The van der Waals surface area contributed by atoms with Gasteiger partial charge in [-0.3, -0.25) is 4.79 Å². The van der Waals surface area contributed by atoms with E-state index in [1.807, 2.05) is 34.6 Å². The Morgan fingerprint density at radius 2 is 1.00 bits per heavy atom. The van der Waals surface area contributed by atoms with Gasteiger partial charge in [-0.25, -0.2) is 0 Å². The first-order chi connectivity index (χ1) is 24.3. The van der Waals surface area contributed by atoms with Gasteiger partial charge in [0.2, 0.25) is 0 Å². The van der Waals surface area contributed by atoms with E-state index in [2.05, 4.69) is 19.1 Å². The Bertz CT molecular complexity index is 1420. The third-order valence-electron chi connectivity index (χ3n) is 10.0.